The van der Waals surface area contributed by atoms with E-state index in [0.717, 1.165) is 11.1 Å². The fraction of sp³-hybridized carbons (Fsp3) is 0.269. The summed E-state index contributed by atoms with van der Waals surface area (Å²) in [6.07, 6.45) is 0.999. The van der Waals surface area contributed by atoms with Gasteiger partial charge in [0.2, 0.25) is 5.91 Å². The number of nitrogens with one attached hydrogen (secondary N) is 1. The molecule has 0 unspecified atom stereocenters. The molecular formula is C26H28N2O4S. The standard InChI is InChI=1S/C26H28N2O4S/c1-19(2)32-22-12-14-23(15-13-22)33(30,31)28-24-11-7-6-10-21(24)18-25(28)26(29)27-17-16-20-8-4-3-5-9-20/h3-15,19,25H,16-18H2,1-2H3,(H,27,29)/t25-/m0/s1. The van der Waals surface area contributed by atoms with E-state index in [9.17, 15) is 13.2 Å². The summed E-state index contributed by atoms with van der Waals surface area (Å²) in [7, 11) is -3.95. The lowest BCUT2D eigenvalue weighted by Crippen LogP contribution is -2.48. The van der Waals surface area contributed by atoms with Gasteiger partial charge in [-0.05, 0) is 61.7 Å². The van der Waals surface area contributed by atoms with Crippen molar-refractivity contribution in [2.75, 3.05) is 10.8 Å². The molecular weight excluding hydrogens is 436 g/mol. The molecule has 7 heteroatoms. The van der Waals surface area contributed by atoms with Crippen molar-refractivity contribution >= 4 is 21.6 Å². The van der Waals surface area contributed by atoms with Crippen LogP contribution in [0, 0.1) is 0 Å². The lowest BCUT2D eigenvalue weighted by Gasteiger charge is -2.26. The minimum atomic E-state index is -3.95. The van der Waals surface area contributed by atoms with E-state index in [1.54, 1.807) is 24.3 Å². The number of carbonyl (C=O) groups excluding carboxylic acids is 1. The third-order valence-corrected chi connectivity index (χ3v) is 7.37. The van der Waals surface area contributed by atoms with E-state index in [4.69, 9.17) is 4.74 Å². The highest BCUT2D eigenvalue weighted by Gasteiger charge is 2.42. The van der Waals surface area contributed by atoms with Crippen LogP contribution in [-0.2, 0) is 27.7 Å². The van der Waals surface area contributed by atoms with Gasteiger partial charge < -0.3 is 10.1 Å². The molecule has 0 saturated heterocycles. The summed E-state index contributed by atoms with van der Waals surface area (Å²) < 4.78 is 34.2. The number of hydrogen-bond acceptors (Lipinski definition) is 4. The number of rotatable bonds is 8. The van der Waals surface area contributed by atoms with E-state index in [-0.39, 0.29) is 16.9 Å². The molecule has 1 heterocycles. The number of carbonyl (C=O) groups is 1. The topological polar surface area (TPSA) is 75.7 Å². The molecule has 0 aromatic heterocycles. The van der Waals surface area contributed by atoms with E-state index in [1.165, 1.54) is 16.4 Å². The molecule has 1 amide bonds. The Hall–Kier alpha value is -3.32. The Balaban J connectivity index is 1.57. The van der Waals surface area contributed by atoms with E-state index in [1.807, 2.05) is 56.3 Å². The van der Waals surface area contributed by atoms with Crippen LogP contribution in [-0.4, -0.2) is 33.0 Å². The van der Waals surface area contributed by atoms with Gasteiger partial charge in [0.1, 0.15) is 11.8 Å². The van der Waals surface area contributed by atoms with Crippen LogP contribution < -0.4 is 14.4 Å². The molecule has 33 heavy (non-hydrogen) atoms. The van der Waals surface area contributed by atoms with Crippen molar-refractivity contribution in [2.24, 2.45) is 0 Å². The average Bonchev–Trinajstić information content (AvgIpc) is 3.20. The number of fused-ring (bicyclic) bond motifs is 1. The fourth-order valence-corrected chi connectivity index (χ4v) is 5.67. The molecule has 1 atom stereocenters. The van der Waals surface area contributed by atoms with Gasteiger partial charge in [0.15, 0.2) is 0 Å². The molecule has 1 aliphatic rings. The number of benzene rings is 3. The summed E-state index contributed by atoms with van der Waals surface area (Å²) >= 11 is 0. The molecule has 0 bridgehead atoms. The summed E-state index contributed by atoms with van der Waals surface area (Å²) in [5, 5.41) is 2.93. The summed E-state index contributed by atoms with van der Waals surface area (Å²) in [5.74, 6) is 0.298. The normalized spacial score (nSPS) is 15.4. The molecule has 1 aliphatic heterocycles. The smallest absolute Gasteiger partial charge is 0.265 e. The van der Waals surface area contributed by atoms with Crippen molar-refractivity contribution in [2.45, 2.75) is 43.7 Å². The predicted molar refractivity (Wildman–Crippen MR) is 129 cm³/mol. The highest BCUT2D eigenvalue weighted by atomic mass is 32.2. The Morgan fingerprint density at radius 3 is 2.36 bits per heavy atom. The van der Waals surface area contributed by atoms with Crippen molar-refractivity contribution in [3.63, 3.8) is 0 Å². The summed E-state index contributed by atoms with van der Waals surface area (Å²) in [4.78, 5) is 13.3. The third-order valence-electron chi connectivity index (χ3n) is 5.54. The van der Waals surface area contributed by atoms with Gasteiger partial charge in [0, 0.05) is 13.0 Å². The molecule has 0 radical (unpaired) electrons. The van der Waals surface area contributed by atoms with Gasteiger partial charge >= 0.3 is 0 Å². The Morgan fingerprint density at radius 2 is 1.67 bits per heavy atom. The maximum atomic E-state index is 13.6. The molecule has 3 aromatic rings. The zero-order valence-electron chi connectivity index (χ0n) is 18.8. The number of sulfonamides is 1. The minimum absolute atomic E-state index is 0.0121. The molecule has 0 spiro atoms. The maximum absolute atomic E-state index is 13.6. The predicted octanol–water partition coefficient (Wildman–Crippen LogP) is 3.95. The van der Waals surface area contributed by atoms with Crippen LogP contribution in [0.5, 0.6) is 5.75 Å². The van der Waals surface area contributed by atoms with Crippen molar-refractivity contribution in [3.8, 4) is 5.75 Å². The van der Waals surface area contributed by atoms with Gasteiger partial charge in [0.25, 0.3) is 10.0 Å². The second kappa shape index (κ2) is 9.67. The molecule has 4 rings (SSSR count). The van der Waals surface area contributed by atoms with Crippen molar-refractivity contribution in [3.05, 3.63) is 90.0 Å². The van der Waals surface area contributed by atoms with Crippen LogP contribution in [0.4, 0.5) is 5.69 Å². The highest BCUT2D eigenvalue weighted by Crippen LogP contribution is 2.37. The van der Waals surface area contributed by atoms with Crippen molar-refractivity contribution < 1.29 is 17.9 Å². The number of nitrogens with zero attached hydrogens (tertiary/aromatic N) is 1. The summed E-state index contributed by atoms with van der Waals surface area (Å²) in [6.45, 7) is 4.25. The van der Waals surface area contributed by atoms with Gasteiger partial charge in [-0.25, -0.2) is 8.42 Å². The van der Waals surface area contributed by atoms with Gasteiger partial charge in [-0.1, -0.05) is 48.5 Å². The first kappa shape index (κ1) is 22.9. The average molecular weight is 465 g/mol. The maximum Gasteiger partial charge on any atom is 0.265 e. The SMILES string of the molecule is CC(C)Oc1ccc(S(=O)(=O)N2c3ccccc3C[C@H]2C(=O)NCCc2ccccc2)cc1. The molecule has 0 saturated carbocycles. The third kappa shape index (κ3) is 5.03. The lowest BCUT2D eigenvalue weighted by molar-refractivity contribution is -0.122. The highest BCUT2D eigenvalue weighted by molar-refractivity contribution is 7.93. The molecule has 0 fully saturated rings. The Bertz CT molecular complexity index is 1210. The van der Waals surface area contributed by atoms with E-state index in [0.29, 0.717) is 30.8 Å². The van der Waals surface area contributed by atoms with Crippen LogP contribution in [0.1, 0.15) is 25.0 Å². The van der Waals surface area contributed by atoms with E-state index in [2.05, 4.69) is 5.32 Å². The summed E-state index contributed by atoms with van der Waals surface area (Å²) in [5.41, 5.74) is 2.49. The minimum Gasteiger partial charge on any atom is -0.491 e. The Kier molecular flexibility index (Phi) is 6.70. The Labute approximate surface area is 195 Å². The van der Waals surface area contributed by atoms with Crippen LogP contribution in [0.2, 0.25) is 0 Å². The fourth-order valence-electron chi connectivity index (χ4n) is 4.02. The van der Waals surface area contributed by atoms with Gasteiger partial charge in [-0.3, -0.25) is 9.10 Å². The first-order valence-electron chi connectivity index (χ1n) is 11.1. The second-order valence-electron chi connectivity index (χ2n) is 8.31. The van der Waals surface area contributed by atoms with Crippen LogP contribution >= 0.6 is 0 Å². The largest absolute Gasteiger partial charge is 0.491 e. The number of anilines is 1. The van der Waals surface area contributed by atoms with E-state index < -0.39 is 16.1 Å². The lowest BCUT2D eigenvalue weighted by atomic mass is 10.1. The number of para-hydroxylation sites is 1. The first-order chi connectivity index (χ1) is 15.9. The molecule has 3 aromatic carbocycles. The van der Waals surface area contributed by atoms with Crippen LogP contribution in [0.15, 0.2) is 83.8 Å². The van der Waals surface area contributed by atoms with Gasteiger partial charge in [0.05, 0.1) is 16.7 Å². The monoisotopic (exact) mass is 464 g/mol. The van der Waals surface area contributed by atoms with Gasteiger partial charge in [-0.15, -0.1) is 0 Å². The van der Waals surface area contributed by atoms with Crippen molar-refractivity contribution in [1.29, 1.82) is 0 Å². The van der Waals surface area contributed by atoms with Crippen LogP contribution in [0.25, 0.3) is 0 Å². The quantitative estimate of drug-likeness (QED) is 0.548. The number of hydrogen-bond donors (Lipinski definition) is 1. The molecule has 0 aliphatic carbocycles. The van der Waals surface area contributed by atoms with Crippen molar-refractivity contribution in [1.82, 2.24) is 5.32 Å². The van der Waals surface area contributed by atoms with E-state index >= 15 is 0 Å². The van der Waals surface area contributed by atoms with Crippen LogP contribution in [0.3, 0.4) is 0 Å². The zero-order valence-corrected chi connectivity index (χ0v) is 19.6. The molecule has 1 N–H and O–H groups in total. The summed E-state index contributed by atoms with van der Waals surface area (Å²) in [6, 6.07) is 22.6. The first-order valence-corrected chi connectivity index (χ1v) is 12.5. The Morgan fingerprint density at radius 1 is 1.00 bits per heavy atom. The zero-order chi connectivity index (χ0) is 23.4. The number of ether oxygens (including phenoxy) is 1. The molecule has 6 nitrogen and oxygen atoms in total. The van der Waals surface area contributed by atoms with Gasteiger partial charge in [-0.2, -0.15) is 0 Å². The molecule has 172 valence electrons. The second-order valence-corrected chi connectivity index (χ2v) is 10.1. The number of amides is 1.